The van der Waals surface area contributed by atoms with Gasteiger partial charge in [0.15, 0.2) is 5.69 Å². The van der Waals surface area contributed by atoms with Gasteiger partial charge in [-0.25, -0.2) is 9.78 Å². The molecule has 0 radical (unpaired) electrons. The van der Waals surface area contributed by atoms with Crippen LogP contribution in [0.2, 0.25) is 5.02 Å². The molecule has 4 nitrogen and oxygen atoms in total. The molecule has 0 unspecified atom stereocenters. The van der Waals surface area contributed by atoms with Crippen LogP contribution in [0.25, 0.3) is 0 Å². The average Bonchev–Trinajstić information content (AvgIpc) is 2.04. The normalized spacial score (nSPS) is 9.77. The highest BCUT2D eigenvalue weighted by atomic mass is 35.5. The van der Waals surface area contributed by atoms with Crippen molar-refractivity contribution in [3.05, 3.63) is 22.8 Å². The van der Waals surface area contributed by atoms with Gasteiger partial charge in [0.25, 0.3) is 0 Å². The molecular weight excluding hydrogens is 192 g/mol. The van der Waals surface area contributed by atoms with E-state index in [4.69, 9.17) is 16.7 Å². The fraction of sp³-hybridized carbons (Fsp3) is 0.250. The zero-order valence-electron chi connectivity index (χ0n) is 7.28. The SMILES string of the molecule is CN(C)c1nc(C(=O)O)ccc1Cl. The average molecular weight is 201 g/mol. The molecular formula is C8H9ClN2O2. The number of nitrogens with zero attached hydrogens (tertiary/aromatic N) is 2. The first kappa shape index (κ1) is 9.80. The van der Waals surface area contributed by atoms with Crippen LogP contribution in [-0.2, 0) is 0 Å². The minimum absolute atomic E-state index is 0.00639. The molecule has 5 heteroatoms. The third kappa shape index (κ3) is 2.09. The van der Waals surface area contributed by atoms with Crippen molar-refractivity contribution < 1.29 is 9.90 Å². The van der Waals surface area contributed by atoms with Crippen LogP contribution in [0, 0.1) is 0 Å². The van der Waals surface area contributed by atoms with E-state index < -0.39 is 5.97 Å². The van der Waals surface area contributed by atoms with Crippen LogP contribution in [-0.4, -0.2) is 30.2 Å². The first-order valence-electron chi connectivity index (χ1n) is 3.59. The summed E-state index contributed by atoms with van der Waals surface area (Å²) in [5.41, 5.74) is -0.00639. The van der Waals surface area contributed by atoms with Crippen LogP contribution < -0.4 is 4.90 Å². The molecule has 0 saturated heterocycles. The lowest BCUT2D eigenvalue weighted by Gasteiger charge is -2.12. The summed E-state index contributed by atoms with van der Waals surface area (Å²) in [6.45, 7) is 0. The monoisotopic (exact) mass is 200 g/mol. The Bertz CT molecular complexity index is 339. The fourth-order valence-corrected chi connectivity index (χ4v) is 1.14. The predicted molar refractivity (Wildman–Crippen MR) is 50.5 cm³/mol. The highest BCUT2D eigenvalue weighted by molar-refractivity contribution is 6.33. The smallest absolute Gasteiger partial charge is 0.354 e. The van der Waals surface area contributed by atoms with Crippen LogP contribution in [0.15, 0.2) is 12.1 Å². The van der Waals surface area contributed by atoms with E-state index in [1.54, 1.807) is 19.0 Å². The van der Waals surface area contributed by atoms with Gasteiger partial charge in [0.2, 0.25) is 0 Å². The van der Waals surface area contributed by atoms with Crippen LogP contribution in [0.4, 0.5) is 5.82 Å². The van der Waals surface area contributed by atoms with Crippen molar-refractivity contribution in [3.8, 4) is 0 Å². The van der Waals surface area contributed by atoms with Crippen LogP contribution in [0.5, 0.6) is 0 Å². The topological polar surface area (TPSA) is 53.4 Å². The molecule has 0 fully saturated rings. The Morgan fingerprint density at radius 1 is 1.54 bits per heavy atom. The summed E-state index contributed by atoms with van der Waals surface area (Å²) < 4.78 is 0. The summed E-state index contributed by atoms with van der Waals surface area (Å²) in [6, 6.07) is 2.89. The lowest BCUT2D eigenvalue weighted by atomic mass is 10.3. The van der Waals surface area contributed by atoms with Crippen LogP contribution in [0.3, 0.4) is 0 Å². The van der Waals surface area contributed by atoms with Crippen molar-refractivity contribution in [2.75, 3.05) is 19.0 Å². The van der Waals surface area contributed by atoms with Crippen molar-refractivity contribution in [1.29, 1.82) is 0 Å². The number of hydrogen-bond donors (Lipinski definition) is 1. The van der Waals surface area contributed by atoms with Gasteiger partial charge in [-0.15, -0.1) is 0 Å². The molecule has 1 aromatic rings. The molecule has 0 aromatic carbocycles. The summed E-state index contributed by atoms with van der Waals surface area (Å²) in [7, 11) is 3.50. The summed E-state index contributed by atoms with van der Waals surface area (Å²) in [4.78, 5) is 16.1. The molecule has 1 heterocycles. The van der Waals surface area contributed by atoms with E-state index in [2.05, 4.69) is 4.98 Å². The van der Waals surface area contributed by atoms with Gasteiger partial charge in [-0.1, -0.05) is 11.6 Å². The Balaban J connectivity index is 3.19. The molecule has 0 saturated carbocycles. The van der Waals surface area contributed by atoms with E-state index in [1.165, 1.54) is 12.1 Å². The molecule has 0 aliphatic carbocycles. The van der Waals surface area contributed by atoms with Gasteiger partial charge in [0.1, 0.15) is 5.82 Å². The number of halogens is 1. The third-order valence-electron chi connectivity index (χ3n) is 1.47. The molecule has 70 valence electrons. The molecule has 1 N–H and O–H groups in total. The Morgan fingerprint density at radius 3 is 2.62 bits per heavy atom. The summed E-state index contributed by atoms with van der Waals surface area (Å²) in [6.07, 6.45) is 0. The number of rotatable bonds is 2. The molecule has 0 aliphatic rings. The van der Waals surface area contributed by atoms with E-state index in [0.717, 1.165) is 0 Å². The third-order valence-corrected chi connectivity index (χ3v) is 1.77. The van der Waals surface area contributed by atoms with Gasteiger partial charge in [0.05, 0.1) is 5.02 Å². The van der Waals surface area contributed by atoms with Crippen LogP contribution >= 0.6 is 11.6 Å². The molecule has 1 rings (SSSR count). The van der Waals surface area contributed by atoms with Crippen molar-refractivity contribution in [3.63, 3.8) is 0 Å². The largest absolute Gasteiger partial charge is 0.477 e. The van der Waals surface area contributed by atoms with Gasteiger partial charge in [0, 0.05) is 14.1 Å². The van der Waals surface area contributed by atoms with Gasteiger partial charge < -0.3 is 10.0 Å². The van der Waals surface area contributed by atoms with E-state index in [9.17, 15) is 4.79 Å². The highest BCUT2D eigenvalue weighted by Gasteiger charge is 2.09. The fourth-order valence-electron chi connectivity index (χ4n) is 0.864. The second kappa shape index (κ2) is 3.62. The maximum atomic E-state index is 10.6. The van der Waals surface area contributed by atoms with Crippen molar-refractivity contribution in [2.24, 2.45) is 0 Å². The van der Waals surface area contributed by atoms with Crippen molar-refractivity contribution in [2.45, 2.75) is 0 Å². The van der Waals surface area contributed by atoms with E-state index in [1.807, 2.05) is 0 Å². The molecule has 0 aliphatic heterocycles. The second-order valence-electron chi connectivity index (χ2n) is 2.70. The molecule has 1 aromatic heterocycles. The maximum Gasteiger partial charge on any atom is 0.354 e. The summed E-state index contributed by atoms with van der Waals surface area (Å²) in [5, 5.41) is 9.10. The van der Waals surface area contributed by atoms with Gasteiger partial charge >= 0.3 is 5.97 Å². The van der Waals surface area contributed by atoms with Crippen LogP contribution in [0.1, 0.15) is 10.5 Å². The van der Waals surface area contributed by atoms with Gasteiger partial charge in [-0.05, 0) is 12.1 Å². The minimum Gasteiger partial charge on any atom is -0.477 e. The maximum absolute atomic E-state index is 10.6. The zero-order valence-corrected chi connectivity index (χ0v) is 8.04. The van der Waals surface area contributed by atoms with E-state index in [0.29, 0.717) is 10.8 Å². The molecule has 13 heavy (non-hydrogen) atoms. The van der Waals surface area contributed by atoms with Crippen molar-refractivity contribution >= 4 is 23.4 Å². The Morgan fingerprint density at radius 2 is 2.15 bits per heavy atom. The number of aromatic nitrogens is 1. The minimum atomic E-state index is -1.06. The predicted octanol–water partition coefficient (Wildman–Crippen LogP) is 1.50. The van der Waals surface area contributed by atoms with E-state index in [-0.39, 0.29) is 5.69 Å². The molecule has 0 bridgehead atoms. The Labute approximate surface area is 80.8 Å². The Kier molecular flexibility index (Phi) is 2.72. The summed E-state index contributed by atoms with van der Waals surface area (Å²) >= 11 is 5.80. The number of carbonyl (C=O) groups is 1. The molecule has 0 amide bonds. The van der Waals surface area contributed by atoms with Gasteiger partial charge in [-0.2, -0.15) is 0 Å². The molecule has 0 spiro atoms. The van der Waals surface area contributed by atoms with Gasteiger partial charge in [-0.3, -0.25) is 0 Å². The summed E-state index contributed by atoms with van der Waals surface area (Å²) in [5.74, 6) is -0.596. The second-order valence-corrected chi connectivity index (χ2v) is 3.11. The number of anilines is 1. The standard InChI is InChI=1S/C8H9ClN2O2/c1-11(2)7-5(9)3-4-6(10-7)8(12)13/h3-4H,1-2H3,(H,12,13). The first-order chi connectivity index (χ1) is 6.02. The zero-order chi connectivity index (χ0) is 10.0. The van der Waals surface area contributed by atoms with E-state index >= 15 is 0 Å². The number of hydrogen-bond acceptors (Lipinski definition) is 3. The number of carboxylic acid groups (broad SMARTS) is 1. The molecule has 0 atom stereocenters. The quantitative estimate of drug-likeness (QED) is 0.786. The first-order valence-corrected chi connectivity index (χ1v) is 3.97. The lowest BCUT2D eigenvalue weighted by molar-refractivity contribution is 0.0690. The lowest BCUT2D eigenvalue weighted by Crippen LogP contribution is -2.13. The van der Waals surface area contributed by atoms with Crippen molar-refractivity contribution in [1.82, 2.24) is 4.98 Å². The number of carboxylic acids is 1. The number of pyridine rings is 1. The Hall–Kier alpha value is -1.29. The number of aromatic carboxylic acids is 1. The highest BCUT2D eigenvalue weighted by Crippen LogP contribution is 2.21.